The van der Waals surface area contributed by atoms with E-state index in [1.54, 1.807) is 0 Å². The lowest BCUT2D eigenvalue weighted by molar-refractivity contribution is 0.177. The standard InChI is InChI=1S/C27H56/c1-5-9-12-14-16-18-20-22-26-27(23-8-4,24-11-7-3)25-21-19-17-15-13-10-6-2/h5-26H2,1-4H3. The maximum absolute atomic E-state index is 2.42. The number of rotatable bonds is 22. The largest absolute Gasteiger partial charge is 0.0654 e. The van der Waals surface area contributed by atoms with Crippen LogP contribution >= 0.6 is 0 Å². The second-order valence-corrected chi connectivity index (χ2v) is 9.45. The first kappa shape index (κ1) is 27.0. The van der Waals surface area contributed by atoms with Crippen molar-refractivity contribution in [3.63, 3.8) is 0 Å². The Morgan fingerprint density at radius 1 is 0.296 bits per heavy atom. The van der Waals surface area contributed by atoms with Crippen molar-refractivity contribution in [3.8, 4) is 0 Å². The molecule has 0 aromatic carbocycles. The molecule has 0 radical (unpaired) electrons. The molecule has 0 bridgehead atoms. The van der Waals surface area contributed by atoms with Crippen LogP contribution in [0.25, 0.3) is 0 Å². The molecule has 0 spiro atoms. The van der Waals surface area contributed by atoms with E-state index in [0.29, 0.717) is 5.41 Å². The van der Waals surface area contributed by atoms with Crippen LogP contribution in [0.15, 0.2) is 0 Å². The summed E-state index contributed by atoms with van der Waals surface area (Å²) < 4.78 is 0. The topological polar surface area (TPSA) is 0 Å². The van der Waals surface area contributed by atoms with Gasteiger partial charge in [-0.3, -0.25) is 0 Å². The van der Waals surface area contributed by atoms with Crippen LogP contribution in [0.4, 0.5) is 0 Å². The van der Waals surface area contributed by atoms with E-state index in [2.05, 4.69) is 27.7 Å². The van der Waals surface area contributed by atoms with Crippen LogP contribution < -0.4 is 0 Å². The zero-order valence-corrected chi connectivity index (χ0v) is 20.1. The molecule has 0 aliphatic rings. The van der Waals surface area contributed by atoms with Gasteiger partial charge in [0.05, 0.1) is 0 Å². The molecular formula is C27H56. The van der Waals surface area contributed by atoms with Crippen molar-refractivity contribution >= 4 is 0 Å². The van der Waals surface area contributed by atoms with E-state index in [0.717, 1.165) is 0 Å². The highest BCUT2D eigenvalue weighted by molar-refractivity contribution is 4.79. The predicted octanol–water partition coefficient (Wildman–Crippen LogP) is 10.6. The van der Waals surface area contributed by atoms with Gasteiger partial charge in [-0.15, -0.1) is 0 Å². The first-order chi connectivity index (χ1) is 13.2. The monoisotopic (exact) mass is 380 g/mol. The molecule has 0 aliphatic carbocycles. The van der Waals surface area contributed by atoms with E-state index in [1.807, 2.05) is 0 Å². The smallest absolute Gasteiger partial charge is 0.0298 e. The molecule has 0 amide bonds. The van der Waals surface area contributed by atoms with Gasteiger partial charge in [0.2, 0.25) is 0 Å². The molecule has 1 unspecified atom stereocenters. The molecule has 0 nitrogen and oxygen atoms in total. The molecule has 1 atom stereocenters. The summed E-state index contributed by atoms with van der Waals surface area (Å²) in [5.41, 5.74) is 0.691. The van der Waals surface area contributed by atoms with Crippen LogP contribution in [-0.2, 0) is 0 Å². The molecule has 164 valence electrons. The van der Waals surface area contributed by atoms with E-state index >= 15 is 0 Å². The van der Waals surface area contributed by atoms with Gasteiger partial charge in [0.15, 0.2) is 0 Å². The zero-order chi connectivity index (χ0) is 20.1. The van der Waals surface area contributed by atoms with Gasteiger partial charge in [0.25, 0.3) is 0 Å². The van der Waals surface area contributed by atoms with Crippen LogP contribution in [0.2, 0.25) is 0 Å². The summed E-state index contributed by atoms with van der Waals surface area (Å²) in [4.78, 5) is 0. The van der Waals surface area contributed by atoms with Crippen LogP contribution in [0.1, 0.15) is 169 Å². The molecule has 0 fully saturated rings. The number of hydrogen-bond donors (Lipinski definition) is 0. The Bertz CT molecular complexity index is 269. The molecule has 0 saturated carbocycles. The third-order valence-electron chi connectivity index (χ3n) is 6.71. The van der Waals surface area contributed by atoms with Crippen molar-refractivity contribution in [1.29, 1.82) is 0 Å². The summed E-state index contributed by atoms with van der Waals surface area (Å²) in [6.07, 6.45) is 32.1. The van der Waals surface area contributed by atoms with Crippen molar-refractivity contribution < 1.29 is 0 Å². The van der Waals surface area contributed by atoms with E-state index in [4.69, 9.17) is 0 Å². The van der Waals surface area contributed by atoms with Crippen molar-refractivity contribution in [2.45, 2.75) is 169 Å². The molecule has 0 aliphatic heterocycles. The quantitative estimate of drug-likeness (QED) is 0.164. The second-order valence-electron chi connectivity index (χ2n) is 9.45. The highest BCUT2D eigenvalue weighted by Crippen LogP contribution is 2.41. The number of unbranched alkanes of at least 4 members (excludes halogenated alkanes) is 14. The first-order valence-corrected chi connectivity index (χ1v) is 13.2. The Balaban J connectivity index is 4.15. The van der Waals surface area contributed by atoms with E-state index in [-0.39, 0.29) is 0 Å². The Morgan fingerprint density at radius 2 is 0.630 bits per heavy atom. The highest BCUT2D eigenvalue weighted by atomic mass is 14.3. The van der Waals surface area contributed by atoms with Crippen LogP contribution in [0, 0.1) is 5.41 Å². The minimum absolute atomic E-state index is 0.691. The van der Waals surface area contributed by atoms with E-state index in [9.17, 15) is 0 Å². The van der Waals surface area contributed by atoms with Crippen LogP contribution in [-0.4, -0.2) is 0 Å². The van der Waals surface area contributed by atoms with Gasteiger partial charge in [-0.05, 0) is 31.1 Å². The second kappa shape index (κ2) is 20.7. The van der Waals surface area contributed by atoms with Crippen LogP contribution in [0.5, 0.6) is 0 Å². The first-order valence-electron chi connectivity index (χ1n) is 13.2. The summed E-state index contributed by atoms with van der Waals surface area (Å²) in [5, 5.41) is 0. The minimum atomic E-state index is 0.691. The molecule has 0 saturated heterocycles. The third-order valence-corrected chi connectivity index (χ3v) is 6.71. The van der Waals surface area contributed by atoms with Crippen molar-refractivity contribution in [2.75, 3.05) is 0 Å². The summed E-state index contributed by atoms with van der Waals surface area (Å²) in [7, 11) is 0. The highest BCUT2D eigenvalue weighted by Gasteiger charge is 2.27. The lowest BCUT2D eigenvalue weighted by Gasteiger charge is -2.34. The molecule has 0 aromatic heterocycles. The summed E-state index contributed by atoms with van der Waals surface area (Å²) in [6.45, 7) is 9.42. The Morgan fingerprint density at radius 3 is 1.00 bits per heavy atom. The Hall–Kier alpha value is 0. The normalized spacial score (nSPS) is 13.8. The van der Waals surface area contributed by atoms with E-state index in [1.165, 1.54) is 141 Å². The third kappa shape index (κ3) is 16.6. The van der Waals surface area contributed by atoms with Gasteiger partial charge in [0, 0.05) is 0 Å². The van der Waals surface area contributed by atoms with Crippen molar-refractivity contribution in [2.24, 2.45) is 5.41 Å². The fourth-order valence-corrected chi connectivity index (χ4v) is 4.92. The molecule has 0 rings (SSSR count). The lowest BCUT2D eigenvalue weighted by atomic mass is 9.71. The van der Waals surface area contributed by atoms with Crippen molar-refractivity contribution in [1.82, 2.24) is 0 Å². The predicted molar refractivity (Wildman–Crippen MR) is 127 cm³/mol. The average molecular weight is 381 g/mol. The molecule has 0 N–H and O–H groups in total. The average Bonchev–Trinajstić information content (AvgIpc) is 2.68. The fourth-order valence-electron chi connectivity index (χ4n) is 4.92. The molecule has 0 aromatic rings. The van der Waals surface area contributed by atoms with Gasteiger partial charge < -0.3 is 0 Å². The summed E-state index contributed by atoms with van der Waals surface area (Å²) in [5.74, 6) is 0. The van der Waals surface area contributed by atoms with E-state index < -0.39 is 0 Å². The maximum Gasteiger partial charge on any atom is -0.0298 e. The lowest BCUT2D eigenvalue weighted by Crippen LogP contribution is -2.21. The molecule has 0 heteroatoms. The number of hydrogen-bond acceptors (Lipinski definition) is 0. The molecular weight excluding hydrogens is 324 g/mol. The fraction of sp³-hybridized carbons (Fsp3) is 1.00. The Kier molecular flexibility index (Phi) is 20.7. The Labute approximate surface area is 174 Å². The zero-order valence-electron chi connectivity index (χ0n) is 20.1. The van der Waals surface area contributed by atoms with Crippen molar-refractivity contribution in [3.05, 3.63) is 0 Å². The SMILES string of the molecule is CCCCCCCCCCC(CCC)(CCCC)CCCCCCCCC. The summed E-state index contributed by atoms with van der Waals surface area (Å²) in [6, 6.07) is 0. The van der Waals surface area contributed by atoms with Gasteiger partial charge in [-0.25, -0.2) is 0 Å². The summed E-state index contributed by atoms with van der Waals surface area (Å²) >= 11 is 0. The molecule has 27 heavy (non-hydrogen) atoms. The van der Waals surface area contributed by atoms with Gasteiger partial charge in [0.1, 0.15) is 0 Å². The van der Waals surface area contributed by atoms with Crippen LogP contribution in [0.3, 0.4) is 0 Å². The minimum Gasteiger partial charge on any atom is -0.0654 e. The maximum atomic E-state index is 2.42. The van der Waals surface area contributed by atoms with Gasteiger partial charge in [-0.2, -0.15) is 0 Å². The molecule has 0 heterocycles. The van der Waals surface area contributed by atoms with Gasteiger partial charge in [-0.1, -0.05) is 143 Å². The van der Waals surface area contributed by atoms with Gasteiger partial charge >= 0.3 is 0 Å².